The third kappa shape index (κ3) is 11.0. The Balaban J connectivity index is 0.940. The van der Waals surface area contributed by atoms with Gasteiger partial charge in [-0.15, -0.1) is 0 Å². The van der Waals surface area contributed by atoms with Gasteiger partial charge >= 0.3 is 332 Å². The first-order chi connectivity index (χ1) is 37.7. The molecule has 0 saturated carbocycles. The Morgan fingerprint density at radius 2 is 1.53 bits per heavy atom. The van der Waals surface area contributed by atoms with E-state index in [9.17, 15) is 14.4 Å². The third-order valence-corrected chi connectivity index (χ3v) is 22.4. The number of hydrogen-bond donors (Lipinski definition) is 1. The van der Waals surface area contributed by atoms with Crippen molar-refractivity contribution in [2.45, 2.75) is 157 Å². The minimum absolute atomic E-state index is 0.0455. The molecule has 5 aliphatic rings. The summed E-state index contributed by atoms with van der Waals surface area (Å²) in [5.41, 5.74) is 19.8. The number of esters is 1. The van der Waals surface area contributed by atoms with Gasteiger partial charge in [-0.25, -0.2) is 0 Å². The standard InChI is InChI=1S/C67H80N5O6.In/c1-14-47-41(5)54-35-56-43(7)49(22-21-31-78-38-73)63(71-56)51(34-61(75)77-13)64-62(44(8)57(72-64)37-59-48(15-2)42(6)55(70-59)36-58(47)69-54)65(76)68-30-20-18-16-17-19-23-60(74)46-26-24-45(25-27-46)40(4)50-33-53-52(32-39(50)3)66(9,10)28-29-67(53,11)12;/h14,24-27,32-33,35-38,43,49H,1,4,15-23,28-31,34H2,2-3,5-13H3,(H2-,68,69,70,71,72,76);/q-1;+2/p-1/t43-,49-;/m0./s1. The molecule has 6 bridgehead atoms. The number of Topliss-reactive ketones (excluding diaryl/α,β-unsaturated/α-hetero) is 1. The molecule has 1 amide bonds. The number of unbranched alkanes of at least 4 members (excludes halogenated alkanes) is 4. The van der Waals surface area contributed by atoms with Gasteiger partial charge < -0.3 is 0 Å². The van der Waals surface area contributed by atoms with Gasteiger partial charge in [0.2, 0.25) is 0 Å². The van der Waals surface area contributed by atoms with Gasteiger partial charge in [0.1, 0.15) is 0 Å². The fourth-order valence-electron chi connectivity index (χ4n) is 12.9. The monoisotopic (exact) mass is 1160 g/mol. The number of fused-ring (bicyclic) bond motifs is 3. The molecule has 0 unspecified atom stereocenters. The Hall–Kier alpha value is -6.27. The second kappa shape index (κ2) is 23.4. The minimum atomic E-state index is -2.28. The van der Waals surface area contributed by atoms with Crippen molar-refractivity contribution in [3.05, 3.63) is 150 Å². The van der Waals surface area contributed by atoms with E-state index < -0.39 is 29.5 Å². The number of allylic oxidation sites excluding steroid dienone is 3. The van der Waals surface area contributed by atoms with Crippen molar-refractivity contribution in [3.8, 4) is 0 Å². The maximum absolute atomic E-state index is 15.2. The van der Waals surface area contributed by atoms with Crippen LogP contribution in [0.15, 0.2) is 82.1 Å². The quantitative estimate of drug-likeness (QED) is 0.0382. The van der Waals surface area contributed by atoms with Crippen LogP contribution in [-0.2, 0) is 29.9 Å². The fourth-order valence-corrected chi connectivity index (χ4v) is 17.9. The Morgan fingerprint density at radius 3 is 2.22 bits per heavy atom. The van der Waals surface area contributed by atoms with Gasteiger partial charge in [0.05, 0.1) is 0 Å². The van der Waals surface area contributed by atoms with E-state index in [0.717, 1.165) is 129 Å². The van der Waals surface area contributed by atoms with E-state index in [0.29, 0.717) is 49.1 Å². The molecule has 9 rings (SSSR count). The van der Waals surface area contributed by atoms with E-state index >= 15 is 4.79 Å². The van der Waals surface area contributed by atoms with E-state index in [1.54, 1.807) is 0 Å². The molecular formula is C67H79InN5O6. The Bertz CT molecular complexity index is 3500. The number of ketones is 1. The van der Waals surface area contributed by atoms with Crippen LogP contribution in [-0.4, -0.2) is 84.4 Å². The van der Waals surface area contributed by atoms with Gasteiger partial charge in [0, 0.05) is 5.56 Å². The van der Waals surface area contributed by atoms with E-state index in [-0.39, 0.29) is 47.4 Å². The number of methoxy groups -OCH3 is 1. The summed E-state index contributed by atoms with van der Waals surface area (Å²) in [5, 5.41) is 5.41. The van der Waals surface area contributed by atoms with Gasteiger partial charge in [-0.3, -0.25) is 4.79 Å². The molecule has 1 N–H and O–H groups in total. The number of benzene rings is 2. The topological polar surface area (TPSA) is 133 Å². The van der Waals surface area contributed by atoms with Crippen LogP contribution in [0.4, 0.5) is 0 Å². The zero-order chi connectivity index (χ0) is 56.7. The molecular weight excluding hydrogens is 1090 g/mol. The van der Waals surface area contributed by atoms with Crippen molar-refractivity contribution in [2.75, 3.05) is 20.3 Å². The van der Waals surface area contributed by atoms with E-state index in [1.807, 2.05) is 37.3 Å². The third-order valence-electron chi connectivity index (χ3n) is 17.9. The maximum atomic E-state index is 15.2. The summed E-state index contributed by atoms with van der Waals surface area (Å²) < 4.78 is 15.4. The van der Waals surface area contributed by atoms with Crippen molar-refractivity contribution in [3.63, 3.8) is 0 Å². The van der Waals surface area contributed by atoms with E-state index in [1.165, 1.54) is 35.8 Å². The van der Waals surface area contributed by atoms with Crippen LogP contribution in [0, 0.1) is 32.6 Å². The fraction of sp³-hybridized carbons (Fsp3) is 0.433. The summed E-state index contributed by atoms with van der Waals surface area (Å²) in [6.07, 6.45) is 17.6. The van der Waals surface area contributed by atoms with Crippen LogP contribution in [0.2, 0.25) is 0 Å². The predicted octanol–water partition coefficient (Wildman–Crippen LogP) is 12.2. The van der Waals surface area contributed by atoms with Crippen molar-refractivity contribution >= 4 is 94.5 Å². The molecule has 2 aromatic heterocycles. The van der Waals surface area contributed by atoms with Crippen molar-refractivity contribution in [2.24, 2.45) is 21.8 Å². The molecule has 0 spiro atoms. The first-order valence-electron chi connectivity index (χ1n) is 28.6. The number of aliphatic imine (C=N–C) groups is 2. The van der Waals surface area contributed by atoms with Gasteiger partial charge in [0.25, 0.3) is 0 Å². The molecule has 411 valence electrons. The normalized spacial score (nSPS) is 18.2. The Morgan fingerprint density at radius 1 is 0.848 bits per heavy atom. The molecule has 4 aromatic rings. The van der Waals surface area contributed by atoms with Gasteiger partial charge in [-0.2, -0.15) is 0 Å². The molecule has 12 heteroatoms. The van der Waals surface area contributed by atoms with Crippen LogP contribution < -0.4 is 16.0 Å². The number of ether oxygens (including phenoxy) is 2. The van der Waals surface area contributed by atoms with Gasteiger partial charge in [-0.1, -0.05) is 70.7 Å². The molecule has 6 heterocycles. The number of amides is 1. The van der Waals surface area contributed by atoms with Crippen LogP contribution in [0.3, 0.4) is 0 Å². The second-order valence-corrected chi connectivity index (χ2v) is 27.4. The van der Waals surface area contributed by atoms with Crippen LogP contribution in [0.1, 0.15) is 202 Å². The van der Waals surface area contributed by atoms with Crippen LogP contribution in [0.25, 0.3) is 35.5 Å². The zero-order valence-corrected chi connectivity index (χ0v) is 51.9. The molecule has 11 nitrogen and oxygen atoms in total. The number of aryl methyl sites for hydroxylation is 1. The summed E-state index contributed by atoms with van der Waals surface area (Å²) in [5.74, 6) is -0.652. The predicted molar refractivity (Wildman–Crippen MR) is 322 cm³/mol. The Kier molecular flexibility index (Phi) is 17.0. The average Bonchev–Trinajstić information content (AvgIpc) is 4.14. The van der Waals surface area contributed by atoms with Crippen molar-refractivity contribution in [1.29, 1.82) is 0 Å². The summed E-state index contributed by atoms with van der Waals surface area (Å²) in [6.45, 7) is 32.3. The number of rotatable bonds is 21. The number of hydrogen-bond acceptors (Lipinski definition) is 8. The average molecular weight is 1170 g/mol. The first kappa shape index (κ1) is 57.4. The Labute approximate surface area is 479 Å². The second-order valence-electron chi connectivity index (χ2n) is 23.8. The van der Waals surface area contributed by atoms with Crippen molar-refractivity contribution in [1.82, 2.24) is 10.4 Å². The molecule has 0 fully saturated rings. The number of carbonyl (C=O) groups excluding carboxylic acids is 4. The number of carbonyl (C=O) groups is 4. The van der Waals surface area contributed by atoms with Crippen molar-refractivity contribution < 1.29 is 28.7 Å². The van der Waals surface area contributed by atoms with E-state index in [2.05, 4.69) is 116 Å². The molecule has 2 aromatic carbocycles. The van der Waals surface area contributed by atoms with Crippen LogP contribution in [0.5, 0.6) is 0 Å². The molecule has 2 atom stereocenters. The summed E-state index contributed by atoms with van der Waals surface area (Å²) >= 11 is -2.28. The summed E-state index contributed by atoms with van der Waals surface area (Å²) in [4.78, 5) is 64.3. The van der Waals surface area contributed by atoms with E-state index in [4.69, 9.17) is 19.5 Å². The SMILES string of the molecule is C=Cc1c(C)c2[n]3c1=CC1=NC(=Cc4c(C)c(C(=O)NCCCCCCCC(=O)c5ccc(C(=C)c6cc7c(cc6C)C(C)(C)CCC7(C)C)cc5)c([n]4[In]3)C(CC(=O)OC)=C3N=C(C=2)[C@@H](C)[C@@H]3CCCOC=O)C(CC)=C1C. The number of nitrogens with zero attached hydrogens (tertiary/aromatic N) is 4. The number of nitrogens with one attached hydrogen (secondary N) is 1. The number of aromatic nitrogens is 2. The molecule has 4 aliphatic heterocycles. The molecule has 1 aliphatic carbocycles. The van der Waals surface area contributed by atoms with Crippen LogP contribution >= 0.6 is 0 Å². The van der Waals surface area contributed by atoms with Gasteiger partial charge in [0.15, 0.2) is 5.78 Å². The van der Waals surface area contributed by atoms with Gasteiger partial charge in [-0.05, 0) is 64.0 Å². The molecule has 0 saturated heterocycles. The molecule has 1 radical (unpaired) electrons. The first-order valence-corrected chi connectivity index (χ1v) is 31.6. The molecule has 79 heavy (non-hydrogen) atoms. The summed E-state index contributed by atoms with van der Waals surface area (Å²) in [7, 11) is 1.40. The summed E-state index contributed by atoms with van der Waals surface area (Å²) in [6, 6.07) is 12.7. The zero-order valence-electron chi connectivity index (χ0n) is 48.6.